The van der Waals surface area contributed by atoms with Crippen molar-refractivity contribution in [3.63, 3.8) is 0 Å². The maximum Gasteiger partial charge on any atom is 0.335 e. The van der Waals surface area contributed by atoms with Gasteiger partial charge >= 0.3 is 5.97 Å². The van der Waals surface area contributed by atoms with Gasteiger partial charge in [0.25, 0.3) is 5.91 Å². The Bertz CT molecular complexity index is 1660. The quantitative estimate of drug-likeness (QED) is 0.188. The molecule has 1 heterocycles. The van der Waals surface area contributed by atoms with Gasteiger partial charge in [-0.3, -0.25) is 15.1 Å². The number of aromatic hydroxyl groups is 1. The lowest BCUT2D eigenvalue weighted by molar-refractivity contribution is -0.111. The third-order valence-electron chi connectivity index (χ3n) is 7.07. The zero-order valence-corrected chi connectivity index (χ0v) is 22.2. The third-order valence-corrected chi connectivity index (χ3v) is 7.07. The molecular formula is C32H29N3O4. The number of carbonyl (C=O) groups is 2. The smallest absolute Gasteiger partial charge is 0.335 e. The molecule has 5 rings (SSSR count). The summed E-state index contributed by atoms with van der Waals surface area (Å²) in [6.07, 6.45) is 0. The maximum atomic E-state index is 13.9. The van der Waals surface area contributed by atoms with Gasteiger partial charge in [-0.25, -0.2) is 4.79 Å². The number of nitrogens with one attached hydrogen (secondary N) is 1. The van der Waals surface area contributed by atoms with Gasteiger partial charge < -0.3 is 10.2 Å². The number of amides is 1. The standard InChI is InChI=1S/C32H29N3O4/c1-18(2)24-10-7-13-27-28(24)29(31(37)35(27)23-15-14-19(3)20(4)16-23)34-33-26-12-6-11-25(30(26)36)21-8-5-9-22(17-21)32(38)39/h5-18,33,36H,1-4H3,(H,38,39). The first kappa shape index (κ1) is 25.7. The topological polar surface area (TPSA) is 102 Å². The molecule has 4 aromatic carbocycles. The molecule has 0 spiro atoms. The molecule has 7 heteroatoms. The van der Waals surface area contributed by atoms with E-state index < -0.39 is 5.97 Å². The molecule has 3 N–H and O–H groups in total. The molecule has 1 amide bonds. The number of hydrogen-bond acceptors (Lipinski definition) is 5. The van der Waals surface area contributed by atoms with Crippen LogP contribution in [0.15, 0.2) is 84.0 Å². The van der Waals surface area contributed by atoms with Crippen molar-refractivity contribution in [2.45, 2.75) is 33.6 Å². The van der Waals surface area contributed by atoms with Crippen molar-refractivity contribution >= 4 is 34.7 Å². The number of benzene rings is 4. The highest BCUT2D eigenvalue weighted by Crippen LogP contribution is 2.41. The lowest BCUT2D eigenvalue weighted by Crippen LogP contribution is -2.26. The summed E-state index contributed by atoms with van der Waals surface area (Å²) in [5, 5.41) is 25.0. The minimum atomic E-state index is -1.05. The normalized spacial score (nSPS) is 13.7. The fourth-order valence-corrected chi connectivity index (χ4v) is 4.83. The van der Waals surface area contributed by atoms with E-state index in [0.717, 1.165) is 33.6 Å². The van der Waals surface area contributed by atoms with Gasteiger partial charge in [0.2, 0.25) is 0 Å². The Morgan fingerprint density at radius 3 is 2.38 bits per heavy atom. The highest BCUT2D eigenvalue weighted by atomic mass is 16.4. The van der Waals surface area contributed by atoms with Crippen LogP contribution in [0.1, 0.15) is 52.4 Å². The van der Waals surface area contributed by atoms with Gasteiger partial charge in [-0.15, -0.1) is 0 Å². The minimum Gasteiger partial charge on any atom is -0.505 e. The summed E-state index contributed by atoms with van der Waals surface area (Å²) in [5.74, 6) is -1.27. The Morgan fingerprint density at radius 2 is 1.67 bits per heavy atom. The van der Waals surface area contributed by atoms with Crippen molar-refractivity contribution < 1.29 is 19.8 Å². The molecule has 39 heavy (non-hydrogen) atoms. The Hall–Kier alpha value is -4.91. The number of aryl methyl sites for hydroxylation is 2. The van der Waals surface area contributed by atoms with Crippen molar-refractivity contribution in [1.82, 2.24) is 0 Å². The molecule has 0 atom stereocenters. The first-order valence-corrected chi connectivity index (χ1v) is 12.7. The summed E-state index contributed by atoms with van der Waals surface area (Å²) in [6.45, 7) is 8.20. The van der Waals surface area contributed by atoms with Crippen LogP contribution in [-0.4, -0.2) is 27.8 Å². The molecule has 0 unspecified atom stereocenters. The van der Waals surface area contributed by atoms with Crippen LogP contribution in [0.4, 0.5) is 17.1 Å². The number of carbonyl (C=O) groups excluding carboxylic acids is 1. The van der Waals surface area contributed by atoms with E-state index in [2.05, 4.69) is 24.4 Å². The molecular weight excluding hydrogens is 490 g/mol. The molecule has 0 aliphatic carbocycles. The van der Waals surface area contributed by atoms with Crippen LogP contribution in [0.5, 0.6) is 5.75 Å². The van der Waals surface area contributed by atoms with E-state index in [1.165, 1.54) is 12.1 Å². The van der Waals surface area contributed by atoms with Crippen LogP contribution in [0.3, 0.4) is 0 Å². The van der Waals surface area contributed by atoms with Crippen molar-refractivity contribution in [2.24, 2.45) is 5.10 Å². The summed E-state index contributed by atoms with van der Waals surface area (Å²) >= 11 is 0. The predicted octanol–water partition coefficient (Wildman–Crippen LogP) is 6.99. The minimum absolute atomic E-state index is 0.0989. The van der Waals surface area contributed by atoms with Crippen LogP contribution in [0.25, 0.3) is 11.1 Å². The Morgan fingerprint density at radius 1 is 0.923 bits per heavy atom. The second kappa shape index (κ2) is 10.1. The number of para-hydroxylation sites is 1. The third kappa shape index (κ3) is 4.63. The van der Waals surface area contributed by atoms with E-state index in [0.29, 0.717) is 16.8 Å². The van der Waals surface area contributed by atoms with Crippen molar-refractivity contribution in [1.29, 1.82) is 0 Å². The van der Waals surface area contributed by atoms with Crippen molar-refractivity contribution in [3.05, 3.63) is 107 Å². The molecule has 0 saturated heterocycles. The first-order chi connectivity index (χ1) is 18.7. The molecule has 0 saturated carbocycles. The lowest BCUT2D eigenvalue weighted by Gasteiger charge is -2.19. The van der Waals surface area contributed by atoms with Gasteiger partial charge in [-0.1, -0.05) is 56.3 Å². The SMILES string of the molecule is Cc1ccc(N2C(=O)C(=NNc3cccc(-c4cccc(C(=O)O)c4)c3O)c3c(C(C)C)cccc32)cc1C. The highest BCUT2D eigenvalue weighted by Gasteiger charge is 2.37. The van der Waals surface area contributed by atoms with E-state index in [9.17, 15) is 19.8 Å². The number of hydrogen-bond donors (Lipinski definition) is 3. The van der Waals surface area contributed by atoms with Gasteiger partial charge in [-0.2, -0.15) is 5.10 Å². The van der Waals surface area contributed by atoms with E-state index in [-0.39, 0.29) is 28.8 Å². The summed E-state index contributed by atoms with van der Waals surface area (Å²) in [5.41, 5.74) is 10.1. The predicted molar refractivity (Wildman–Crippen MR) is 154 cm³/mol. The lowest BCUT2D eigenvalue weighted by atomic mass is 9.94. The average Bonchev–Trinajstić information content (AvgIpc) is 3.20. The van der Waals surface area contributed by atoms with Gasteiger partial charge in [0.05, 0.1) is 16.9 Å². The molecule has 0 fully saturated rings. The molecule has 1 aliphatic rings. The van der Waals surface area contributed by atoms with Crippen LogP contribution in [0.2, 0.25) is 0 Å². The van der Waals surface area contributed by atoms with Crippen LogP contribution >= 0.6 is 0 Å². The number of fused-ring (bicyclic) bond motifs is 1. The molecule has 0 bridgehead atoms. The van der Waals surface area contributed by atoms with Crippen LogP contribution in [-0.2, 0) is 4.79 Å². The van der Waals surface area contributed by atoms with Crippen LogP contribution < -0.4 is 10.3 Å². The van der Waals surface area contributed by atoms with E-state index >= 15 is 0 Å². The van der Waals surface area contributed by atoms with Crippen molar-refractivity contribution in [3.8, 4) is 16.9 Å². The number of carboxylic acids is 1. The van der Waals surface area contributed by atoms with Crippen molar-refractivity contribution in [2.75, 3.05) is 10.3 Å². The fourth-order valence-electron chi connectivity index (χ4n) is 4.83. The Balaban J connectivity index is 1.58. The summed E-state index contributed by atoms with van der Waals surface area (Å²) in [7, 11) is 0. The van der Waals surface area contributed by atoms with E-state index in [1.54, 1.807) is 35.2 Å². The Kier molecular flexibility index (Phi) is 6.66. The fraction of sp³-hybridized carbons (Fsp3) is 0.156. The second-order valence-corrected chi connectivity index (χ2v) is 9.97. The van der Waals surface area contributed by atoms with Crippen LogP contribution in [0, 0.1) is 13.8 Å². The number of nitrogens with zero attached hydrogens (tertiary/aromatic N) is 2. The first-order valence-electron chi connectivity index (χ1n) is 12.7. The zero-order valence-electron chi connectivity index (χ0n) is 22.2. The zero-order chi connectivity index (χ0) is 27.8. The Labute approximate surface area is 227 Å². The summed E-state index contributed by atoms with van der Waals surface area (Å²) in [6, 6.07) is 23.2. The summed E-state index contributed by atoms with van der Waals surface area (Å²) < 4.78 is 0. The molecule has 196 valence electrons. The maximum absolute atomic E-state index is 13.9. The molecule has 7 nitrogen and oxygen atoms in total. The monoisotopic (exact) mass is 519 g/mol. The van der Waals surface area contributed by atoms with Gasteiger partial charge in [0, 0.05) is 16.8 Å². The largest absolute Gasteiger partial charge is 0.505 e. The number of phenolic OH excluding ortho intramolecular Hbond substituents is 1. The summed E-state index contributed by atoms with van der Waals surface area (Å²) in [4.78, 5) is 27.0. The molecule has 0 aromatic heterocycles. The number of rotatable bonds is 6. The molecule has 4 aromatic rings. The van der Waals surface area contributed by atoms with E-state index in [1.807, 2.05) is 50.2 Å². The second-order valence-electron chi connectivity index (χ2n) is 9.97. The van der Waals surface area contributed by atoms with E-state index in [4.69, 9.17) is 0 Å². The van der Waals surface area contributed by atoms with Gasteiger partial charge in [-0.05, 0) is 78.4 Å². The van der Waals surface area contributed by atoms with Gasteiger partial charge in [0.15, 0.2) is 5.71 Å². The number of phenols is 1. The average molecular weight is 520 g/mol. The number of aromatic carboxylic acids is 1. The number of anilines is 3. The highest BCUT2D eigenvalue weighted by molar-refractivity contribution is 6.56. The van der Waals surface area contributed by atoms with Gasteiger partial charge in [0.1, 0.15) is 5.75 Å². The molecule has 0 radical (unpaired) electrons. The number of hydrazone groups is 1. The molecule has 1 aliphatic heterocycles. The number of carboxylic acid groups (broad SMARTS) is 1.